The molecule has 0 saturated carbocycles. The van der Waals surface area contributed by atoms with E-state index in [0.717, 1.165) is 37.4 Å². The highest BCUT2D eigenvalue weighted by molar-refractivity contribution is 7.99. The molecule has 0 bridgehead atoms. The van der Waals surface area contributed by atoms with Crippen molar-refractivity contribution in [3.63, 3.8) is 0 Å². The molecule has 1 spiro atoms. The van der Waals surface area contributed by atoms with Crippen molar-refractivity contribution in [2.45, 2.75) is 30.9 Å². The van der Waals surface area contributed by atoms with E-state index in [-0.39, 0.29) is 5.60 Å². The molecule has 0 amide bonds. The number of nitrogens with one attached hydrogen (secondary N) is 1. The van der Waals surface area contributed by atoms with Gasteiger partial charge in [-0.1, -0.05) is 0 Å². The van der Waals surface area contributed by atoms with Crippen LogP contribution in [0.5, 0.6) is 0 Å². The molecule has 0 radical (unpaired) electrons. The van der Waals surface area contributed by atoms with Crippen molar-refractivity contribution in [2.24, 2.45) is 0 Å². The van der Waals surface area contributed by atoms with Crippen LogP contribution in [0.2, 0.25) is 0 Å². The van der Waals surface area contributed by atoms with Crippen molar-refractivity contribution in [3.05, 3.63) is 23.9 Å². The Labute approximate surface area is 117 Å². The highest BCUT2D eigenvalue weighted by Gasteiger charge is 2.40. The maximum Gasteiger partial charge on any atom is 0.126 e. The molecule has 0 unspecified atom stereocenters. The summed E-state index contributed by atoms with van der Waals surface area (Å²) in [6.45, 7) is 0.828. The van der Waals surface area contributed by atoms with Gasteiger partial charge < -0.3 is 10.1 Å². The maximum absolute atomic E-state index is 8.76. The van der Waals surface area contributed by atoms with Crippen molar-refractivity contribution >= 4 is 17.6 Å². The van der Waals surface area contributed by atoms with E-state index in [1.807, 2.05) is 17.8 Å². The number of aromatic nitrogens is 1. The zero-order valence-corrected chi connectivity index (χ0v) is 11.6. The molecule has 3 rings (SSSR count). The van der Waals surface area contributed by atoms with Crippen molar-refractivity contribution in [3.8, 4) is 6.07 Å². The van der Waals surface area contributed by atoms with Gasteiger partial charge in [-0.2, -0.15) is 17.0 Å². The van der Waals surface area contributed by atoms with Gasteiger partial charge in [0.25, 0.3) is 0 Å². The number of pyridine rings is 1. The summed E-state index contributed by atoms with van der Waals surface area (Å²) in [4.78, 5) is 4.28. The van der Waals surface area contributed by atoms with Gasteiger partial charge in [-0.05, 0) is 37.1 Å². The SMILES string of the molecule is N#Cc1ccc(N[C@@H]2CCO[C@]3(CCSC3)C2)nc1. The monoisotopic (exact) mass is 275 g/mol. The van der Waals surface area contributed by atoms with Crippen LogP contribution in [0.1, 0.15) is 24.8 Å². The fourth-order valence-electron chi connectivity index (χ4n) is 2.77. The van der Waals surface area contributed by atoms with Gasteiger partial charge in [0.05, 0.1) is 11.2 Å². The first-order valence-electron chi connectivity index (χ1n) is 6.64. The molecule has 2 aliphatic heterocycles. The number of nitrogens with zero attached hydrogens (tertiary/aromatic N) is 2. The lowest BCUT2D eigenvalue weighted by Gasteiger charge is -2.38. The van der Waals surface area contributed by atoms with Crippen molar-refractivity contribution in [2.75, 3.05) is 23.4 Å². The summed E-state index contributed by atoms with van der Waals surface area (Å²) < 4.78 is 6.01. The third-order valence-corrected chi connectivity index (χ3v) is 5.03. The van der Waals surface area contributed by atoms with E-state index in [4.69, 9.17) is 10.00 Å². The van der Waals surface area contributed by atoms with Crippen LogP contribution in [-0.4, -0.2) is 34.7 Å². The average Bonchev–Trinajstić information content (AvgIpc) is 2.88. The van der Waals surface area contributed by atoms with Gasteiger partial charge in [-0.3, -0.25) is 0 Å². The molecule has 3 heterocycles. The number of nitriles is 1. The quantitative estimate of drug-likeness (QED) is 0.898. The van der Waals surface area contributed by atoms with E-state index >= 15 is 0 Å². The lowest BCUT2D eigenvalue weighted by Crippen LogP contribution is -2.44. The molecule has 19 heavy (non-hydrogen) atoms. The van der Waals surface area contributed by atoms with E-state index in [9.17, 15) is 0 Å². The van der Waals surface area contributed by atoms with Gasteiger partial charge in [0.1, 0.15) is 11.9 Å². The molecule has 1 aromatic rings. The second kappa shape index (κ2) is 5.40. The molecular weight excluding hydrogens is 258 g/mol. The first-order valence-corrected chi connectivity index (χ1v) is 7.80. The van der Waals surface area contributed by atoms with Crippen LogP contribution >= 0.6 is 11.8 Å². The Bertz CT molecular complexity index is 476. The molecule has 1 N–H and O–H groups in total. The summed E-state index contributed by atoms with van der Waals surface area (Å²) >= 11 is 1.99. The number of thioether (sulfide) groups is 1. The normalized spacial score (nSPS) is 30.2. The van der Waals surface area contributed by atoms with Crippen LogP contribution in [0.15, 0.2) is 18.3 Å². The van der Waals surface area contributed by atoms with E-state index in [1.165, 1.54) is 5.75 Å². The third-order valence-electron chi connectivity index (χ3n) is 3.80. The van der Waals surface area contributed by atoms with Crippen LogP contribution in [-0.2, 0) is 4.74 Å². The highest BCUT2D eigenvalue weighted by atomic mass is 32.2. The Kier molecular flexibility index (Phi) is 3.63. The predicted molar refractivity (Wildman–Crippen MR) is 76.2 cm³/mol. The number of hydrogen-bond acceptors (Lipinski definition) is 5. The molecule has 5 heteroatoms. The molecule has 2 aliphatic rings. The summed E-state index contributed by atoms with van der Waals surface area (Å²) in [5.74, 6) is 3.18. The van der Waals surface area contributed by atoms with E-state index in [0.29, 0.717) is 11.6 Å². The van der Waals surface area contributed by atoms with Crippen LogP contribution in [0.25, 0.3) is 0 Å². The summed E-state index contributed by atoms with van der Waals surface area (Å²) in [7, 11) is 0. The van der Waals surface area contributed by atoms with Crippen molar-refractivity contribution < 1.29 is 4.74 Å². The molecule has 4 nitrogen and oxygen atoms in total. The minimum Gasteiger partial charge on any atom is -0.374 e. The van der Waals surface area contributed by atoms with Gasteiger partial charge in [0.15, 0.2) is 0 Å². The Hall–Kier alpha value is -1.25. The smallest absolute Gasteiger partial charge is 0.126 e. The number of hydrogen-bond donors (Lipinski definition) is 1. The Balaban J connectivity index is 1.64. The second-order valence-corrected chi connectivity index (χ2v) is 6.32. The van der Waals surface area contributed by atoms with Gasteiger partial charge in [-0.15, -0.1) is 0 Å². The van der Waals surface area contributed by atoms with Gasteiger partial charge >= 0.3 is 0 Å². The highest BCUT2D eigenvalue weighted by Crippen LogP contribution is 2.38. The number of rotatable bonds is 2. The summed E-state index contributed by atoms with van der Waals surface area (Å²) in [6, 6.07) is 6.19. The Morgan fingerprint density at radius 1 is 1.53 bits per heavy atom. The number of anilines is 1. The van der Waals surface area contributed by atoms with Crippen LogP contribution in [0.4, 0.5) is 5.82 Å². The Morgan fingerprint density at radius 2 is 2.47 bits per heavy atom. The minimum atomic E-state index is 0.0905. The zero-order valence-electron chi connectivity index (χ0n) is 10.8. The van der Waals surface area contributed by atoms with Crippen LogP contribution < -0.4 is 5.32 Å². The second-order valence-electron chi connectivity index (χ2n) is 5.21. The lowest BCUT2D eigenvalue weighted by molar-refractivity contribution is -0.0628. The summed E-state index contributed by atoms with van der Waals surface area (Å²) in [6.07, 6.45) is 4.86. The molecule has 0 aliphatic carbocycles. The molecule has 1 aromatic heterocycles. The van der Waals surface area contributed by atoms with Crippen LogP contribution in [0, 0.1) is 11.3 Å². The van der Waals surface area contributed by atoms with E-state index < -0.39 is 0 Å². The van der Waals surface area contributed by atoms with E-state index in [2.05, 4.69) is 16.4 Å². The van der Waals surface area contributed by atoms with Crippen LogP contribution in [0.3, 0.4) is 0 Å². The van der Waals surface area contributed by atoms with Gasteiger partial charge in [0.2, 0.25) is 0 Å². The van der Waals surface area contributed by atoms with Crippen molar-refractivity contribution in [1.29, 1.82) is 5.26 Å². The van der Waals surface area contributed by atoms with Gasteiger partial charge in [-0.25, -0.2) is 4.98 Å². The zero-order chi connectivity index (χ0) is 13.1. The molecular formula is C14H17N3OS. The number of ether oxygens (including phenoxy) is 1. The third kappa shape index (κ3) is 2.85. The summed E-state index contributed by atoms with van der Waals surface area (Å²) in [5, 5.41) is 12.2. The first-order chi connectivity index (χ1) is 9.30. The summed E-state index contributed by atoms with van der Waals surface area (Å²) in [5.41, 5.74) is 0.689. The predicted octanol–water partition coefficient (Wildman–Crippen LogP) is 2.42. The molecule has 2 saturated heterocycles. The molecule has 0 aromatic carbocycles. The largest absolute Gasteiger partial charge is 0.374 e. The standard InChI is InChI=1S/C14H17N3OS/c15-8-11-1-2-13(16-9-11)17-12-3-5-18-14(7-12)4-6-19-10-14/h1-2,9,12H,3-7,10H2,(H,16,17)/t12-,14-/m1/s1. The lowest BCUT2D eigenvalue weighted by atomic mass is 9.90. The molecule has 100 valence electrons. The topological polar surface area (TPSA) is 57.9 Å². The molecule has 2 fully saturated rings. The fraction of sp³-hybridized carbons (Fsp3) is 0.571. The molecule has 2 atom stereocenters. The Morgan fingerprint density at radius 3 is 3.16 bits per heavy atom. The fourth-order valence-corrected chi connectivity index (χ4v) is 4.15. The van der Waals surface area contributed by atoms with Gasteiger partial charge in [0, 0.05) is 24.6 Å². The maximum atomic E-state index is 8.76. The van der Waals surface area contributed by atoms with Crippen molar-refractivity contribution in [1.82, 2.24) is 4.98 Å². The van der Waals surface area contributed by atoms with E-state index in [1.54, 1.807) is 12.3 Å². The minimum absolute atomic E-state index is 0.0905. The first kappa shape index (κ1) is 12.8. The average molecular weight is 275 g/mol.